The van der Waals surface area contributed by atoms with Gasteiger partial charge in [0.15, 0.2) is 5.79 Å². The molecule has 7 nitrogen and oxygen atoms in total. The number of aliphatic hydroxyl groups is 2. The van der Waals surface area contributed by atoms with E-state index in [-0.39, 0.29) is 49.6 Å². The van der Waals surface area contributed by atoms with Gasteiger partial charge in [0.05, 0.1) is 25.4 Å². The summed E-state index contributed by atoms with van der Waals surface area (Å²) < 4.78 is 43.9. The highest BCUT2D eigenvalue weighted by molar-refractivity contribution is 7.91. The summed E-state index contributed by atoms with van der Waals surface area (Å²) in [4.78, 5) is 12.6. The number of halogens is 2. The highest BCUT2D eigenvalue weighted by atomic mass is 35.5. The summed E-state index contributed by atoms with van der Waals surface area (Å²) in [7, 11) is 0. The number of rotatable bonds is 7. The molecular formula is C20H24ClFO7S. The van der Waals surface area contributed by atoms with Crippen LogP contribution in [0.4, 0.5) is 4.39 Å². The van der Waals surface area contributed by atoms with Crippen molar-refractivity contribution in [2.24, 2.45) is 0 Å². The Morgan fingerprint density at radius 3 is 2.63 bits per heavy atom. The van der Waals surface area contributed by atoms with Gasteiger partial charge in [0.2, 0.25) is 0 Å². The molecule has 1 aromatic carbocycles. The second kappa shape index (κ2) is 9.95. The Bertz CT molecular complexity index is 793. The molecule has 166 valence electrons. The molecule has 10 heteroatoms. The van der Waals surface area contributed by atoms with E-state index in [2.05, 4.69) is 0 Å². The van der Waals surface area contributed by atoms with Crippen molar-refractivity contribution in [2.45, 2.75) is 48.8 Å². The molecule has 1 spiro atoms. The molecule has 4 atom stereocenters. The molecule has 1 aromatic rings. The Hall–Kier alpha value is -1.20. The fourth-order valence-electron chi connectivity index (χ4n) is 3.66. The van der Waals surface area contributed by atoms with Crippen LogP contribution in [-0.2, 0) is 35.9 Å². The summed E-state index contributed by atoms with van der Waals surface area (Å²) in [5.41, 5.74) is 0.303. The molecule has 30 heavy (non-hydrogen) atoms. The molecular weight excluding hydrogens is 439 g/mol. The Balaban J connectivity index is 1.87. The van der Waals surface area contributed by atoms with Gasteiger partial charge in [0, 0.05) is 23.4 Å². The molecule has 1 fully saturated rings. The quantitative estimate of drug-likeness (QED) is 0.470. The first-order valence-corrected chi connectivity index (χ1v) is 11.4. The molecule has 0 radical (unpaired) electrons. The minimum atomic E-state index is -1.65. The minimum absolute atomic E-state index is 0.110. The van der Waals surface area contributed by atoms with Gasteiger partial charge in [-0.1, -0.05) is 11.6 Å². The number of benzene rings is 1. The van der Waals surface area contributed by atoms with Crippen LogP contribution in [0.5, 0.6) is 0 Å². The molecule has 0 saturated carbocycles. The number of hydrogen-bond donors (Lipinski definition) is 2. The summed E-state index contributed by atoms with van der Waals surface area (Å²) in [5.74, 6) is -2.64. The third kappa shape index (κ3) is 4.99. The molecule has 2 aliphatic rings. The predicted octanol–water partition coefficient (Wildman–Crippen LogP) is 1.84. The molecule has 0 amide bonds. The van der Waals surface area contributed by atoms with Crippen LogP contribution in [0, 0.1) is 5.82 Å². The maximum absolute atomic E-state index is 14.1. The lowest BCUT2D eigenvalue weighted by Crippen LogP contribution is -2.41. The average molecular weight is 463 g/mol. The van der Waals surface area contributed by atoms with E-state index in [4.69, 9.17) is 25.8 Å². The van der Waals surface area contributed by atoms with Gasteiger partial charge in [-0.15, -0.1) is 0 Å². The fraction of sp³-hybridized carbons (Fsp3) is 0.550. The second-order valence-electron chi connectivity index (χ2n) is 7.10. The van der Waals surface area contributed by atoms with Gasteiger partial charge in [-0.25, -0.2) is 9.18 Å². The average Bonchev–Trinajstić information content (AvgIpc) is 3.08. The molecule has 2 N–H and O–H groups in total. The highest BCUT2D eigenvalue weighted by Gasteiger charge is 2.51. The number of aliphatic hydroxyl groups excluding tert-OH is 2. The Labute approximate surface area is 181 Å². The SMILES string of the molecule is CCOC(=O)C1=CC2(CCC1[S+]([O-])Cc1cc(Cl)ccc1F)O[C@H](CO)[C@@H](CO)O2. The van der Waals surface area contributed by atoms with Crippen LogP contribution in [0.2, 0.25) is 5.02 Å². The smallest absolute Gasteiger partial charge is 0.338 e. The van der Waals surface area contributed by atoms with E-state index in [1.165, 1.54) is 24.3 Å². The van der Waals surface area contributed by atoms with E-state index in [1.807, 2.05) is 0 Å². The zero-order valence-corrected chi connectivity index (χ0v) is 18.0. The molecule has 2 unspecified atom stereocenters. The van der Waals surface area contributed by atoms with Crippen molar-refractivity contribution in [3.63, 3.8) is 0 Å². The van der Waals surface area contributed by atoms with Crippen molar-refractivity contribution in [3.05, 3.63) is 46.3 Å². The summed E-state index contributed by atoms with van der Waals surface area (Å²) in [5, 5.41) is 18.5. The summed E-state index contributed by atoms with van der Waals surface area (Å²) in [6, 6.07) is 4.02. The first-order valence-electron chi connectivity index (χ1n) is 9.60. The van der Waals surface area contributed by atoms with Crippen molar-refractivity contribution >= 4 is 28.7 Å². The number of esters is 1. The van der Waals surface area contributed by atoms with Gasteiger partial charge in [-0.05, 0) is 42.4 Å². The van der Waals surface area contributed by atoms with Crippen molar-refractivity contribution in [1.82, 2.24) is 0 Å². The lowest BCUT2D eigenvalue weighted by atomic mass is 9.94. The Morgan fingerprint density at radius 1 is 1.37 bits per heavy atom. The number of hydrogen-bond acceptors (Lipinski definition) is 7. The van der Waals surface area contributed by atoms with Crippen LogP contribution in [0.3, 0.4) is 0 Å². The van der Waals surface area contributed by atoms with Crippen LogP contribution in [0.15, 0.2) is 29.8 Å². The fourth-order valence-corrected chi connectivity index (χ4v) is 5.41. The van der Waals surface area contributed by atoms with Gasteiger partial charge < -0.3 is 29.0 Å². The van der Waals surface area contributed by atoms with Gasteiger partial charge in [0.1, 0.15) is 29.0 Å². The number of ether oxygens (including phenoxy) is 3. The number of carbonyl (C=O) groups excluding carboxylic acids is 1. The largest absolute Gasteiger partial charge is 0.616 e. The lowest BCUT2D eigenvalue weighted by Gasteiger charge is -2.34. The van der Waals surface area contributed by atoms with Gasteiger partial charge >= 0.3 is 5.97 Å². The molecule has 0 bridgehead atoms. The Kier molecular flexibility index (Phi) is 7.78. The maximum atomic E-state index is 14.1. The molecule has 1 heterocycles. The van der Waals surface area contributed by atoms with E-state index >= 15 is 0 Å². The summed E-state index contributed by atoms with van der Waals surface area (Å²) >= 11 is 4.27. The van der Waals surface area contributed by atoms with E-state index in [0.29, 0.717) is 5.02 Å². The lowest BCUT2D eigenvalue weighted by molar-refractivity contribution is -0.154. The first kappa shape index (κ1) is 23.5. The minimum Gasteiger partial charge on any atom is -0.616 e. The summed E-state index contributed by atoms with van der Waals surface area (Å²) in [6.45, 7) is 1.04. The molecule has 3 rings (SSSR count). The standard InChI is InChI=1S/C20H24ClFO7S/c1-2-27-19(25)14-8-20(28-16(9-23)17(10-24)29-20)6-5-18(14)30(26)11-12-7-13(21)3-4-15(12)22/h3-4,7-8,16-18,23-24H,2,5-6,9-11H2,1H3/t16-,17-,18?,30?/m1/s1. The van der Waals surface area contributed by atoms with Crippen LogP contribution in [0.25, 0.3) is 0 Å². The molecule has 0 aromatic heterocycles. The zero-order valence-electron chi connectivity index (χ0n) is 16.4. The normalized spacial score (nSPS) is 26.5. The monoisotopic (exact) mass is 462 g/mol. The first-order chi connectivity index (χ1) is 14.3. The van der Waals surface area contributed by atoms with Gasteiger partial charge in [-0.3, -0.25) is 0 Å². The highest BCUT2D eigenvalue weighted by Crippen LogP contribution is 2.41. The molecule has 1 saturated heterocycles. The van der Waals surface area contributed by atoms with Crippen molar-refractivity contribution in [3.8, 4) is 0 Å². The Morgan fingerprint density at radius 2 is 2.03 bits per heavy atom. The third-order valence-corrected chi connectivity index (χ3v) is 7.04. The third-order valence-electron chi connectivity index (χ3n) is 5.09. The van der Waals surface area contributed by atoms with Crippen LogP contribution < -0.4 is 0 Å². The zero-order chi connectivity index (χ0) is 21.9. The molecule has 1 aliphatic heterocycles. The van der Waals surface area contributed by atoms with E-state index in [1.54, 1.807) is 6.92 Å². The topological polar surface area (TPSA) is 108 Å². The van der Waals surface area contributed by atoms with Crippen LogP contribution in [-0.4, -0.2) is 63.8 Å². The van der Waals surface area contributed by atoms with Gasteiger partial charge in [-0.2, -0.15) is 0 Å². The summed E-state index contributed by atoms with van der Waals surface area (Å²) in [6.07, 6.45) is 0.408. The van der Waals surface area contributed by atoms with Crippen LogP contribution >= 0.6 is 11.6 Å². The van der Waals surface area contributed by atoms with Gasteiger partial charge in [0.25, 0.3) is 0 Å². The van der Waals surface area contributed by atoms with E-state index < -0.39 is 46.2 Å². The van der Waals surface area contributed by atoms with E-state index in [9.17, 15) is 24.0 Å². The second-order valence-corrected chi connectivity index (χ2v) is 9.15. The predicted molar refractivity (Wildman–Crippen MR) is 108 cm³/mol. The van der Waals surface area contributed by atoms with Crippen molar-refractivity contribution in [1.29, 1.82) is 0 Å². The van der Waals surface area contributed by atoms with Crippen molar-refractivity contribution in [2.75, 3.05) is 19.8 Å². The van der Waals surface area contributed by atoms with Crippen LogP contribution in [0.1, 0.15) is 25.3 Å². The number of carbonyl (C=O) groups is 1. The van der Waals surface area contributed by atoms with E-state index in [0.717, 1.165) is 0 Å². The van der Waals surface area contributed by atoms with Crippen molar-refractivity contribution < 1.29 is 38.2 Å². The maximum Gasteiger partial charge on any atom is 0.338 e. The molecule has 1 aliphatic carbocycles.